The molecule has 0 saturated carbocycles. The van der Waals surface area contributed by atoms with E-state index in [1.165, 1.54) is 6.42 Å². The lowest BCUT2D eigenvalue weighted by atomic mass is 10.0. The summed E-state index contributed by atoms with van der Waals surface area (Å²) in [6.45, 7) is 7.90. The zero-order chi connectivity index (χ0) is 19.8. The first kappa shape index (κ1) is 20.6. The van der Waals surface area contributed by atoms with Crippen LogP contribution in [-0.4, -0.2) is 41.5 Å². The van der Waals surface area contributed by atoms with Crippen LogP contribution >= 0.6 is 11.3 Å². The van der Waals surface area contributed by atoms with Crippen molar-refractivity contribution >= 4 is 23.3 Å². The van der Waals surface area contributed by atoms with Gasteiger partial charge in [0.15, 0.2) is 0 Å². The molecule has 2 heterocycles. The highest BCUT2D eigenvalue weighted by Crippen LogP contribution is 2.21. The molecule has 1 aliphatic rings. The van der Waals surface area contributed by atoms with Crippen molar-refractivity contribution in [1.29, 1.82) is 0 Å². The van der Waals surface area contributed by atoms with Gasteiger partial charge in [0.25, 0.3) is 0 Å². The van der Waals surface area contributed by atoms with Crippen LogP contribution in [0.1, 0.15) is 42.5 Å². The molecule has 0 spiro atoms. The third-order valence-corrected chi connectivity index (χ3v) is 5.67. The smallest absolute Gasteiger partial charge is 0.244 e. The molecule has 5 nitrogen and oxygen atoms in total. The molecule has 6 heteroatoms. The zero-order valence-electron chi connectivity index (χ0n) is 16.7. The highest BCUT2D eigenvalue weighted by atomic mass is 32.1. The number of ether oxygens (including phenoxy) is 1. The molecule has 2 aromatic rings. The summed E-state index contributed by atoms with van der Waals surface area (Å²) in [5.74, 6) is 0.712. The lowest BCUT2D eigenvalue weighted by molar-refractivity contribution is -0.117. The number of thiazole rings is 1. The summed E-state index contributed by atoms with van der Waals surface area (Å²) in [6.07, 6.45) is 6.65. The lowest BCUT2D eigenvalue weighted by Gasteiger charge is -2.31. The summed E-state index contributed by atoms with van der Waals surface area (Å²) in [6, 6.07) is 8.02. The minimum Gasteiger partial charge on any atom is -0.487 e. The maximum Gasteiger partial charge on any atom is 0.244 e. The van der Waals surface area contributed by atoms with Crippen molar-refractivity contribution in [2.75, 3.05) is 19.6 Å². The summed E-state index contributed by atoms with van der Waals surface area (Å²) in [5, 5.41) is 6.17. The van der Waals surface area contributed by atoms with Crippen molar-refractivity contribution in [3.63, 3.8) is 0 Å². The molecule has 0 atom stereocenters. The van der Waals surface area contributed by atoms with Gasteiger partial charge < -0.3 is 15.0 Å². The second kappa shape index (κ2) is 10.4. The Bertz CT molecular complexity index is 795. The highest BCUT2D eigenvalue weighted by molar-refractivity contribution is 7.09. The first-order valence-electron chi connectivity index (χ1n) is 9.98. The molecule has 1 aliphatic heterocycles. The molecule has 0 radical (unpaired) electrons. The number of likely N-dealkylation sites (tertiary alicyclic amines) is 1. The van der Waals surface area contributed by atoms with E-state index < -0.39 is 0 Å². The SMILES string of the molecule is CCCN1CCC(NC(=O)/C=C/c2ccccc2OCc2csc(C)n2)CC1. The largest absolute Gasteiger partial charge is 0.487 e. The monoisotopic (exact) mass is 399 g/mol. The lowest BCUT2D eigenvalue weighted by Crippen LogP contribution is -2.44. The first-order valence-corrected chi connectivity index (χ1v) is 10.9. The molecule has 0 unspecified atom stereocenters. The molecule has 150 valence electrons. The third kappa shape index (κ3) is 6.17. The minimum absolute atomic E-state index is 0.0427. The van der Waals surface area contributed by atoms with Crippen LogP contribution in [0.3, 0.4) is 0 Å². The second-order valence-electron chi connectivity index (χ2n) is 7.14. The summed E-state index contributed by atoms with van der Waals surface area (Å²) < 4.78 is 5.91. The van der Waals surface area contributed by atoms with Crippen molar-refractivity contribution in [1.82, 2.24) is 15.2 Å². The third-order valence-electron chi connectivity index (χ3n) is 4.85. The van der Waals surface area contributed by atoms with E-state index in [1.807, 2.05) is 42.6 Å². The molecular weight excluding hydrogens is 370 g/mol. The number of piperidine rings is 1. The van der Waals surface area contributed by atoms with Gasteiger partial charge in [0.05, 0.1) is 10.7 Å². The van der Waals surface area contributed by atoms with Crippen molar-refractivity contribution in [3.05, 3.63) is 52.0 Å². The molecule has 28 heavy (non-hydrogen) atoms. The van der Waals surface area contributed by atoms with Crippen LogP contribution in [0.15, 0.2) is 35.7 Å². The van der Waals surface area contributed by atoms with Crippen molar-refractivity contribution in [2.45, 2.75) is 45.8 Å². The number of hydrogen-bond donors (Lipinski definition) is 1. The fourth-order valence-electron chi connectivity index (χ4n) is 3.41. The Balaban J connectivity index is 1.51. The van der Waals surface area contributed by atoms with E-state index in [4.69, 9.17) is 4.74 Å². The van der Waals surface area contributed by atoms with Crippen LogP contribution in [0.5, 0.6) is 5.75 Å². The topological polar surface area (TPSA) is 54.5 Å². The minimum atomic E-state index is -0.0427. The van der Waals surface area contributed by atoms with Gasteiger partial charge in [-0.2, -0.15) is 0 Å². The van der Waals surface area contributed by atoms with E-state index in [9.17, 15) is 4.79 Å². The zero-order valence-corrected chi connectivity index (χ0v) is 17.5. The number of hydrogen-bond acceptors (Lipinski definition) is 5. The maximum atomic E-state index is 12.3. The molecular formula is C22H29N3O2S. The fourth-order valence-corrected chi connectivity index (χ4v) is 4.01. The second-order valence-corrected chi connectivity index (χ2v) is 8.20. The standard InChI is InChI=1S/C22H29N3O2S/c1-3-12-25-13-10-19(11-14-25)24-22(26)9-8-18-6-4-5-7-21(18)27-15-20-16-28-17(2)23-20/h4-9,16,19H,3,10-15H2,1-2H3,(H,24,26)/b9-8+. The fraction of sp³-hybridized carbons (Fsp3) is 0.455. The normalized spacial score (nSPS) is 15.8. The van der Waals surface area contributed by atoms with E-state index in [2.05, 4.69) is 22.1 Å². The highest BCUT2D eigenvalue weighted by Gasteiger charge is 2.19. The van der Waals surface area contributed by atoms with Crippen molar-refractivity contribution < 1.29 is 9.53 Å². The molecule has 1 fully saturated rings. The van der Waals surface area contributed by atoms with E-state index >= 15 is 0 Å². The molecule has 1 N–H and O–H groups in total. The Morgan fingerprint density at radius 2 is 2.14 bits per heavy atom. The number of aromatic nitrogens is 1. The van der Waals surface area contributed by atoms with Gasteiger partial charge in [-0.25, -0.2) is 4.98 Å². The molecule has 1 saturated heterocycles. The summed E-state index contributed by atoms with van der Waals surface area (Å²) in [7, 11) is 0. The molecule has 0 bridgehead atoms. The van der Waals surface area contributed by atoms with Crippen LogP contribution in [0, 0.1) is 6.92 Å². The number of para-hydroxylation sites is 1. The van der Waals surface area contributed by atoms with Gasteiger partial charge in [-0.3, -0.25) is 4.79 Å². The first-order chi connectivity index (χ1) is 13.6. The van der Waals surface area contributed by atoms with Crippen molar-refractivity contribution in [2.24, 2.45) is 0 Å². The Morgan fingerprint density at radius 1 is 1.36 bits per heavy atom. The quantitative estimate of drug-likeness (QED) is 0.681. The summed E-state index contributed by atoms with van der Waals surface area (Å²) in [4.78, 5) is 19.2. The number of amides is 1. The van der Waals surface area contributed by atoms with Crippen LogP contribution in [-0.2, 0) is 11.4 Å². The Morgan fingerprint density at radius 3 is 2.86 bits per heavy atom. The van der Waals surface area contributed by atoms with Crippen LogP contribution in [0.4, 0.5) is 0 Å². The number of rotatable bonds is 8. The molecule has 3 rings (SSSR count). The van der Waals surface area contributed by atoms with Gasteiger partial charge in [0, 0.05) is 36.2 Å². The van der Waals surface area contributed by atoms with E-state index in [1.54, 1.807) is 17.4 Å². The van der Waals surface area contributed by atoms with Crippen molar-refractivity contribution in [3.8, 4) is 5.75 Å². The number of carbonyl (C=O) groups is 1. The number of aryl methyl sites for hydroxylation is 1. The molecule has 1 amide bonds. The molecule has 1 aromatic heterocycles. The van der Waals surface area contributed by atoms with Gasteiger partial charge in [-0.1, -0.05) is 25.1 Å². The van der Waals surface area contributed by atoms with E-state index in [0.717, 1.165) is 54.5 Å². The van der Waals surface area contributed by atoms with Gasteiger partial charge in [-0.15, -0.1) is 11.3 Å². The van der Waals surface area contributed by atoms with Gasteiger partial charge in [0.2, 0.25) is 5.91 Å². The predicted molar refractivity (Wildman–Crippen MR) is 115 cm³/mol. The summed E-state index contributed by atoms with van der Waals surface area (Å²) in [5.41, 5.74) is 1.82. The Labute approximate surface area is 171 Å². The average molecular weight is 400 g/mol. The Kier molecular flexibility index (Phi) is 7.62. The average Bonchev–Trinajstić information content (AvgIpc) is 3.12. The Hall–Kier alpha value is -2.18. The van der Waals surface area contributed by atoms with Gasteiger partial charge >= 0.3 is 0 Å². The molecule has 0 aliphatic carbocycles. The van der Waals surface area contributed by atoms with Crippen LogP contribution < -0.4 is 10.1 Å². The van der Waals surface area contributed by atoms with Crippen LogP contribution in [0.25, 0.3) is 6.08 Å². The van der Waals surface area contributed by atoms with E-state index in [0.29, 0.717) is 6.61 Å². The number of nitrogens with zero attached hydrogens (tertiary/aromatic N) is 2. The van der Waals surface area contributed by atoms with Crippen LogP contribution in [0.2, 0.25) is 0 Å². The maximum absolute atomic E-state index is 12.3. The number of benzene rings is 1. The number of nitrogens with one attached hydrogen (secondary N) is 1. The molecule has 1 aromatic carbocycles. The van der Waals surface area contributed by atoms with Gasteiger partial charge in [0.1, 0.15) is 12.4 Å². The van der Waals surface area contributed by atoms with E-state index in [-0.39, 0.29) is 11.9 Å². The van der Waals surface area contributed by atoms with Gasteiger partial charge in [-0.05, 0) is 44.9 Å². The number of carbonyl (C=O) groups excluding carboxylic acids is 1. The predicted octanol–water partition coefficient (Wildman–Crippen LogP) is 4.03. The summed E-state index contributed by atoms with van der Waals surface area (Å²) >= 11 is 1.62.